The highest BCUT2D eigenvalue weighted by Gasteiger charge is 2.30. The molecule has 3 rings (SSSR count). The van der Waals surface area contributed by atoms with Crippen molar-refractivity contribution >= 4 is 22.6 Å². The van der Waals surface area contributed by atoms with Crippen molar-refractivity contribution in [3.8, 4) is 11.1 Å². The van der Waals surface area contributed by atoms with E-state index in [2.05, 4.69) is 16.9 Å². The number of pyridine rings is 1. The lowest BCUT2D eigenvalue weighted by molar-refractivity contribution is -0.137. The van der Waals surface area contributed by atoms with Gasteiger partial charge in [-0.3, -0.25) is 4.79 Å². The maximum absolute atomic E-state index is 12.8. The molecule has 4 nitrogen and oxygen atoms in total. The van der Waals surface area contributed by atoms with Crippen molar-refractivity contribution in [2.75, 3.05) is 5.32 Å². The second-order valence-electron chi connectivity index (χ2n) is 6.41. The monoisotopic (exact) mass is 373 g/mol. The lowest BCUT2D eigenvalue weighted by atomic mass is 10.0. The summed E-state index contributed by atoms with van der Waals surface area (Å²) in [6, 6.07) is 6.87. The highest BCUT2D eigenvalue weighted by molar-refractivity contribution is 6.01. The number of rotatable bonds is 4. The first-order chi connectivity index (χ1) is 12.7. The molecule has 0 spiro atoms. The topological polar surface area (TPSA) is 46.9 Å². The lowest BCUT2D eigenvalue weighted by Gasteiger charge is -2.08. The first-order valence-corrected chi connectivity index (χ1v) is 8.32. The summed E-state index contributed by atoms with van der Waals surface area (Å²) < 4.78 is 40.4. The van der Waals surface area contributed by atoms with E-state index in [4.69, 9.17) is 0 Å². The maximum Gasteiger partial charge on any atom is 0.416 e. The van der Waals surface area contributed by atoms with Crippen LogP contribution in [0.3, 0.4) is 0 Å². The Morgan fingerprint density at radius 3 is 2.48 bits per heavy atom. The molecule has 3 aromatic rings. The average Bonchev–Trinajstić information content (AvgIpc) is 3.00. The Morgan fingerprint density at radius 2 is 1.93 bits per heavy atom. The SMILES string of the molecule is C=CC(=O)Nc1cnc2c(c1)c(-c1ccc(C(F)(F)F)cc1)cn2C(C)C. The van der Waals surface area contributed by atoms with Crippen molar-refractivity contribution in [3.63, 3.8) is 0 Å². The Balaban J connectivity index is 2.14. The van der Waals surface area contributed by atoms with Gasteiger partial charge in [-0.2, -0.15) is 13.2 Å². The molecule has 140 valence electrons. The number of nitrogens with one attached hydrogen (secondary N) is 1. The molecule has 0 aliphatic carbocycles. The summed E-state index contributed by atoms with van der Waals surface area (Å²) >= 11 is 0. The van der Waals surface area contributed by atoms with Crippen LogP contribution in [0.1, 0.15) is 25.5 Å². The number of anilines is 1. The number of aromatic nitrogens is 2. The van der Waals surface area contributed by atoms with Crippen molar-refractivity contribution in [1.82, 2.24) is 9.55 Å². The number of fused-ring (bicyclic) bond motifs is 1. The molecule has 27 heavy (non-hydrogen) atoms. The standard InChI is InChI=1S/C20H18F3N3O/c1-4-18(27)25-15-9-16-17(11-26(12(2)3)19(16)24-10-15)13-5-7-14(8-6-13)20(21,22)23/h4-12H,1H2,2-3H3,(H,25,27). The van der Waals surface area contributed by atoms with Gasteiger partial charge in [-0.25, -0.2) is 4.98 Å². The van der Waals surface area contributed by atoms with Gasteiger partial charge >= 0.3 is 6.18 Å². The maximum atomic E-state index is 12.8. The van der Waals surface area contributed by atoms with Gasteiger partial charge in [0.05, 0.1) is 17.4 Å². The minimum Gasteiger partial charge on any atom is -0.329 e. The van der Waals surface area contributed by atoms with Crippen LogP contribution in [0.25, 0.3) is 22.2 Å². The number of benzene rings is 1. The van der Waals surface area contributed by atoms with Gasteiger partial charge in [0, 0.05) is 23.2 Å². The molecular weight excluding hydrogens is 355 g/mol. The van der Waals surface area contributed by atoms with E-state index in [-0.39, 0.29) is 11.9 Å². The predicted octanol–water partition coefficient (Wildman–Crippen LogP) is 5.43. The largest absolute Gasteiger partial charge is 0.416 e. The van der Waals surface area contributed by atoms with E-state index in [0.717, 1.165) is 29.2 Å². The zero-order valence-electron chi connectivity index (χ0n) is 14.8. The van der Waals surface area contributed by atoms with Gasteiger partial charge in [0.2, 0.25) is 5.91 Å². The van der Waals surface area contributed by atoms with Crippen LogP contribution in [-0.2, 0) is 11.0 Å². The predicted molar refractivity (Wildman–Crippen MR) is 99.4 cm³/mol. The van der Waals surface area contributed by atoms with Crippen LogP contribution in [0.4, 0.5) is 18.9 Å². The summed E-state index contributed by atoms with van der Waals surface area (Å²) in [5.74, 6) is -0.365. The number of hydrogen-bond acceptors (Lipinski definition) is 2. The van der Waals surface area contributed by atoms with E-state index in [0.29, 0.717) is 16.9 Å². The smallest absolute Gasteiger partial charge is 0.329 e. The lowest BCUT2D eigenvalue weighted by Crippen LogP contribution is -2.07. The quantitative estimate of drug-likeness (QED) is 0.620. The molecule has 0 radical (unpaired) electrons. The van der Waals surface area contributed by atoms with Crippen LogP contribution < -0.4 is 5.32 Å². The van der Waals surface area contributed by atoms with Crippen LogP contribution in [0.5, 0.6) is 0 Å². The Bertz CT molecular complexity index is 1000. The van der Waals surface area contributed by atoms with E-state index in [1.165, 1.54) is 12.1 Å². The number of nitrogens with zero attached hydrogens (tertiary/aromatic N) is 2. The Labute approximate surface area is 154 Å². The third kappa shape index (κ3) is 3.72. The molecule has 1 aromatic carbocycles. The van der Waals surface area contributed by atoms with Crippen LogP contribution >= 0.6 is 0 Å². The van der Waals surface area contributed by atoms with E-state index >= 15 is 0 Å². The summed E-state index contributed by atoms with van der Waals surface area (Å²) in [5.41, 5.74) is 1.87. The molecule has 1 amide bonds. The number of hydrogen-bond donors (Lipinski definition) is 1. The average molecular weight is 373 g/mol. The number of amides is 1. The Morgan fingerprint density at radius 1 is 1.26 bits per heavy atom. The van der Waals surface area contributed by atoms with Gasteiger partial charge in [0.15, 0.2) is 0 Å². The molecular formula is C20H18F3N3O. The summed E-state index contributed by atoms with van der Waals surface area (Å²) in [7, 11) is 0. The molecule has 0 atom stereocenters. The third-order valence-corrected chi connectivity index (χ3v) is 4.20. The first kappa shape index (κ1) is 18.7. The minimum absolute atomic E-state index is 0.108. The van der Waals surface area contributed by atoms with Crippen LogP contribution in [0.2, 0.25) is 0 Å². The van der Waals surface area contributed by atoms with E-state index in [1.807, 2.05) is 24.6 Å². The van der Waals surface area contributed by atoms with Gasteiger partial charge in [-0.05, 0) is 43.7 Å². The highest BCUT2D eigenvalue weighted by Crippen LogP contribution is 2.35. The molecule has 1 N–H and O–H groups in total. The van der Waals surface area contributed by atoms with Crippen LogP contribution in [0.15, 0.2) is 55.4 Å². The van der Waals surface area contributed by atoms with E-state index in [1.54, 1.807) is 12.3 Å². The fourth-order valence-corrected chi connectivity index (χ4v) is 2.86. The number of carbonyl (C=O) groups is 1. The summed E-state index contributed by atoms with van der Waals surface area (Å²) in [5, 5.41) is 3.39. The molecule has 2 heterocycles. The third-order valence-electron chi connectivity index (χ3n) is 4.20. The zero-order chi connectivity index (χ0) is 19.8. The minimum atomic E-state index is -4.38. The molecule has 0 saturated heterocycles. The molecule has 0 aliphatic heterocycles. The van der Waals surface area contributed by atoms with Crippen LogP contribution in [-0.4, -0.2) is 15.5 Å². The molecule has 0 aliphatic rings. The van der Waals surface area contributed by atoms with Crippen molar-refractivity contribution in [2.24, 2.45) is 0 Å². The fraction of sp³-hybridized carbons (Fsp3) is 0.200. The fourth-order valence-electron chi connectivity index (χ4n) is 2.86. The van der Waals surface area contributed by atoms with E-state index in [9.17, 15) is 18.0 Å². The second kappa shape index (κ2) is 6.90. The van der Waals surface area contributed by atoms with Crippen molar-refractivity contribution in [1.29, 1.82) is 0 Å². The highest BCUT2D eigenvalue weighted by atomic mass is 19.4. The molecule has 0 fully saturated rings. The number of carbonyl (C=O) groups excluding carboxylic acids is 1. The number of halogens is 3. The molecule has 0 saturated carbocycles. The molecule has 0 bridgehead atoms. The number of alkyl halides is 3. The molecule has 7 heteroatoms. The summed E-state index contributed by atoms with van der Waals surface area (Å²) in [4.78, 5) is 16.0. The van der Waals surface area contributed by atoms with Crippen molar-refractivity contribution in [2.45, 2.75) is 26.1 Å². The Hall–Kier alpha value is -3.09. The summed E-state index contributed by atoms with van der Waals surface area (Å²) in [6.45, 7) is 7.39. The normalized spacial score (nSPS) is 11.8. The first-order valence-electron chi connectivity index (χ1n) is 8.32. The van der Waals surface area contributed by atoms with Crippen molar-refractivity contribution in [3.05, 3.63) is 60.9 Å². The van der Waals surface area contributed by atoms with Gasteiger partial charge < -0.3 is 9.88 Å². The van der Waals surface area contributed by atoms with Crippen LogP contribution in [0, 0.1) is 0 Å². The molecule has 2 aromatic heterocycles. The van der Waals surface area contributed by atoms with Gasteiger partial charge in [0.25, 0.3) is 0 Å². The summed E-state index contributed by atoms with van der Waals surface area (Å²) in [6.07, 6.45) is 0.178. The van der Waals surface area contributed by atoms with E-state index < -0.39 is 11.7 Å². The zero-order valence-corrected chi connectivity index (χ0v) is 14.8. The van der Waals surface area contributed by atoms with Gasteiger partial charge in [-0.1, -0.05) is 18.7 Å². The van der Waals surface area contributed by atoms with Crippen molar-refractivity contribution < 1.29 is 18.0 Å². The van der Waals surface area contributed by atoms with Gasteiger partial charge in [-0.15, -0.1) is 0 Å². The second-order valence-corrected chi connectivity index (χ2v) is 6.41. The molecule has 0 unspecified atom stereocenters. The van der Waals surface area contributed by atoms with Gasteiger partial charge in [0.1, 0.15) is 5.65 Å². The Kier molecular flexibility index (Phi) is 4.78.